The number of benzene rings is 2. The van der Waals surface area contributed by atoms with Crippen molar-refractivity contribution in [2.24, 2.45) is 10.7 Å². The lowest BCUT2D eigenvalue weighted by Gasteiger charge is -2.30. The average Bonchev–Trinajstić information content (AvgIpc) is 2.83. The molecule has 1 aliphatic heterocycles. The lowest BCUT2D eigenvalue weighted by atomic mass is 9.95. The Morgan fingerprint density at radius 1 is 1.06 bits per heavy atom. The first-order chi connectivity index (χ1) is 16.2. The SMILES string of the molecule is C/C(C(=Nc1ccccc1)c1ccccc1F)=C(/N)C1=CCN(C(=O)OC(C)(C)C)CC1.CC. The number of nitrogens with zero attached hydrogens (tertiary/aromatic N) is 2. The van der Waals surface area contributed by atoms with Crippen molar-refractivity contribution >= 4 is 17.5 Å². The van der Waals surface area contributed by atoms with Gasteiger partial charge in [-0.05, 0) is 69.5 Å². The van der Waals surface area contributed by atoms with Crippen molar-refractivity contribution in [1.29, 1.82) is 0 Å². The summed E-state index contributed by atoms with van der Waals surface area (Å²) in [6.07, 6.45) is 2.16. The van der Waals surface area contributed by atoms with Gasteiger partial charge in [0.1, 0.15) is 11.4 Å². The summed E-state index contributed by atoms with van der Waals surface area (Å²) in [5.74, 6) is -0.358. The number of rotatable bonds is 4. The first kappa shape index (κ1) is 26.8. The van der Waals surface area contributed by atoms with Gasteiger partial charge in [-0.2, -0.15) is 0 Å². The predicted octanol–water partition coefficient (Wildman–Crippen LogP) is 6.77. The molecule has 0 unspecified atom stereocenters. The Kier molecular flexibility index (Phi) is 9.60. The molecule has 0 fully saturated rings. The number of nitrogens with two attached hydrogens (primary N) is 1. The molecule has 1 amide bonds. The molecule has 0 spiro atoms. The average molecular weight is 466 g/mol. The molecule has 3 rings (SSSR count). The van der Waals surface area contributed by atoms with Gasteiger partial charge in [-0.25, -0.2) is 14.2 Å². The molecule has 5 nitrogen and oxygen atoms in total. The molecule has 0 bridgehead atoms. The van der Waals surface area contributed by atoms with Crippen LogP contribution in [0.2, 0.25) is 0 Å². The van der Waals surface area contributed by atoms with Crippen LogP contribution in [0, 0.1) is 5.82 Å². The zero-order chi connectivity index (χ0) is 25.3. The molecule has 1 heterocycles. The van der Waals surface area contributed by atoms with Crippen molar-refractivity contribution in [1.82, 2.24) is 4.90 Å². The molecular formula is C28H36FN3O2. The number of allylic oxidation sites excluding steroid dienone is 2. The van der Waals surface area contributed by atoms with Crippen LogP contribution in [0.4, 0.5) is 14.9 Å². The molecule has 2 aromatic carbocycles. The molecule has 1 aliphatic rings. The van der Waals surface area contributed by atoms with E-state index in [1.165, 1.54) is 6.07 Å². The molecule has 0 saturated carbocycles. The molecule has 182 valence electrons. The van der Waals surface area contributed by atoms with Gasteiger partial charge in [0, 0.05) is 24.4 Å². The summed E-state index contributed by atoms with van der Waals surface area (Å²) < 4.78 is 20.1. The van der Waals surface area contributed by atoms with E-state index in [1.54, 1.807) is 23.1 Å². The molecule has 2 N–H and O–H groups in total. The summed E-state index contributed by atoms with van der Waals surface area (Å²) in [6, 6.07) is 15.9. The third-order valence-electron chi connectivity index (χ3n) is 5.09. The number of hydrogen-bond donors (Lipinski definition) is 1. The maximum Gasteiger partial charge on any atom is 0.410 e. The van der Waals surface area contributed by atoms with Crippen LogP contribution in [0.3, 0.4) is 0 Å². The van der Waals surface area contributed by atoms with E-state index in [1.807, 2.05) is 78.0 Å². The number of carbonyl (C=O) groups excluding carboxylic acids is 1. The van der Waals surface area contributed by atoms with Crippen LogP contribution in [-0.2, 0) is 4.74 Å². The molecule has 2 aromatic rings. The highest BCUT2D eigenvalue weighted by molar-refractivity contribution is 6.14. The zero-order valence-corrected chi connectivity index (χ0v) is 21.1. The highest BCUT2D eigenvalue weighted by Crippen LogP contribution is 2.25. The van der Waals surface area contributed by atoms with Crippen molar-refractivity contribution in [2.45, 2.75) is 53.6 Å². The second-order valence-corrected chi connectivity index (χ2v) is 8.72. The predicted molar refractivity (Wildman–Crippen MR) is 138 cm³/mol. The van der Waals surface area contributed by atoms with Crippen LogP contribution < -0.4 is 5.73 Å². The summed E-state index contributed by atoms with van der Waals surface area (Å²) in [4.78, 5) is 18.7. The Labute approximate surface area is 202 Å². The van der Waals surface area contributed by atoms with Gasteiger partial charge < -0.3 is 15.4 Å². The zero-order valence-electron chi connectivity index (χ0n) is 21.1. The van der Waals surface area contributed by atoms with Gasteiger partial charge in [-0.3, -0.25) is 0 Å². The van der Waals surface area contributed by atoms with Crippen LogP contribution in [0.15, 0.2) is 82.5 Å². The van der Waals surface area contributed by atoms with Gasteiger partial charge >= 0.3 is 6.09 Å². The number of halogens is 1. The lowest BCUT2D eigenvalue weighted by molar-refractivity contribution is 0.0266. The van der Waals surface area contributed by atoms with Gasteiger partial charge in [-0.1, -0.05) is 50.3 Å². The quantitative estimate of drug-likeness (QED) is 0.507. The highest BCUT2D eigenvalue weighted by Gasteiger charge is 2.25. The van der Waals surface area contributed by atoms with Crippen molar-refractivity contribution < 1.29 is 13.9 Å². The Morgan fingerprint density at radius 2 is 1.68 bits per heavy atom. The van der Waals surface area contributed by atoms with Crippen LogP contribution in [0.5, 0.6) is 0 Å². The third kappa shape index (κ3) is 7.30. The monoisotopic (exact) mass is 465 g/mol. The standard InChI is InChI=1S/C26H30FN3O2.C2H6/c1-18(23(28)19-14-16-30(17-15-19)25(31)32-26(2,3)4)24(21-12-8-9-13-22(21)27)29-20-10-6-5-7-11-20;1-2/h5-14H,15-17,28H2,1-4H3;1-2H3/b23-18-,29-24?;. The second-order valence-electron chi connectivity index (χ2n) is 8.72. The summed E-state index contributed by atoms with van der Waals surface area (Å²) in [7, 11) is 0. The van der Waals surface area contributed by atoms with E-state index >= 15 is 0 Å². The smallest absolute Gasteiger partial charge is 0.410 e. The van der Waals surface area contributed by atoms with E-state index in [0.29, 0.717) is 47.7 Å². The second kappa shape index (κ2) is 12.2. The molecule has 0 aliphatic carbocycles. The van der Waals surface area contributed by atoms with E-state index in [4.69, 9.17) is 15.5 Å². The van der Waals surface area contributed by atoms with Gasteiger partial charge in [-0.15, -0.1) is 0 Å². The molecular weight excluding hydrogens is 429 g/mol. The topological polar surface area (TPSA) is 67.9 Å². The largest absolute Gasteiger partial charge is 0.444 e. The Hall–Kier alpha value is -3.41. The fraction of sp³-hybridized carbons (Fsp3) is 0.357. The summed E-state index contributed by atoms with van der Waals surface area (Å²) >= 11 is 0. The Bertz CT molecular complexity index is 1070. The van der Waals surface area contributed by atoms with Crippen molar-refractivity contribution in [2.75, 3.05) is 13.1 Å². The Balaban J connectivity index is 0.00000199. The number of para-hydroxylation sites is 1. The van der Waals surface area contributed by atoms with Crippen molar-refractivity contribution in [3.05, 3.63) is 88.9 Å². The van der Waals surface area contributed by atoms with Gasteiger partial charge in [0.2, 0.25) is 0 Å². The van der Waals surface area contributed by atoms with Crippen LogP contribution in [0.25, 0.3) is 0 Å². The first-order valence-corrected chi connectivity index (χ1v) is 11.7. The molecule has 6 heteroatoms. The normalized spacial score (nSPS) is 15.0. The van der Waals surface area contributed by atoms with E-state index in [9.17, 15) is 9.18 Å². The van der Waals surface area contributed by atoms with Gasteiger partial charge in [0.05, 0.1) is 11.4 Å². The fourth-order valence-electron chi connectivity index (χ4n) is 3.41. The molecule has 34 heavy (non-hydrogen) atoms. The van der Waals surface area contributed by atoms with E-state index in [2.05, 4.69) is 0 Å². The minimum absolute atomic E-state index is 0.343. The fourth-order valence-corrected chi connectivity index (χ4v) is 3.41. The number of hydrogen-bond acceptors (Lipinski definition) is 4. The number of aliphatic imine (C=N–C) groups is 1. The maximum absolute atomic E-state index is 14.7. The maximum atomic E-state index is 14.7. The minimum atomic E-state index is -0.543. The summed E-state index contributed by atoms with van der Waals surface area (Å²) in [6.45, 7) is 12.3. The lowest BCUT2D eigenvalue weighted by Crippen LogP contribution is -2.39. The molecule has 0 saturated heterocycles. The number of ether oxygens (including phenoxy) is 1. The molecule has 0 aromatic heterocycles. The summed E-state index contributed by atoms with van der Waals surface area (Å²) in [5, 5.41) is 0. The van der Waals surface area contributed by atoms with Crippen molar-refractivity contribution in [3.8, 4) is 0 Å². The molecule has 0 atom stereocenters. The highest BCUT2D eigenvalue weighted by atomic mass is 19.1. The number of carbonyl (C=O) groups is 1. The van der Waals surface area contributed by atoms with Gasteiger partial charge in [0.25, 0.3) is 0 Å². The van der Waals surface area contributed by atoms with E-state index in [-0.39, 0.29) is 11.9 Å². The minimum Gasteiger partial charge on any atom is -0.444 e. The van der Waals surface area contributed by atoms with Crippen molar-refractivity contribution in [3.63, 3.8) is 0 Å². The van der Waals surface area contributed by atoms with Crippen LogP contribution in [0.1, 0.15) is 53.5 Å². The van der Waals surface area contributed by atoms with E-state index in [0.717, 1.165) is 5.57 Å². The van der Waals surface area contributed by atoms with E-state index < -0.39 is 5.60 Å². The number of amides is 1. The van der Waals surface area contributed by atoms with Crippen LogP contribution >= 0.6 is 0 Å². The summed E-state index contributed by atoms with van der Waals surface area (Å²) in [5.41, 5.74) is 9.74. The van der Waals surface area contributed by atoms with Crippen LogP contribution in [-0.4, -0.2) is 35.4 Å². The van der Waals surface area contributed by atoms with Gasteiger partial charge in [0.15, 0.2) is 0 Å². The molecule has 0 radical (unpaired) electrons. The third-order valence-corrected chi connectivity index (χ3v) is 5.09. The first-order valence-electron chi connectivity index (χ1n) is 11.7. The Morgan fingerprint density at radius 3 is 2.24 bits per heavy atom.